The van der Waals surface area contributed by atoms with Crippen LogP contribution in [0.2, 0.25) is 0 Å². The predicted octanol–water partition coefficient (Wildman–Crippen LogP) is 0.426. The molecule has 2 heterocycles. The van der Waals surface area contributed by atoms with E-state index in [2.05, 4.69) is 10.2 Å². The Kier molecular flexibility index (Phi) is 6.96. The predicted molar refractivity (Wildman–Crippen MR) is 111 cm³/mol. The number of rotatable bonds is 6. The lowest BCUT2D eigenvalue weighted by Crippen LogP contribution is -2.43. The molecule has 1 aromatic heterocycles. The van der Waals surface area contributed by atoms with Crippen molar-refractivity contribution < 1.29 is 13.9 Å². The van der Waals surface area contributed by atoms with E-state index in [0.29, 0.717) is 26.3 Å². The van der Waals surface area contributed by atoms with Gasteiger partial charge >= 0.3 is 5.69 Å². The number of carbonyl (C=O) groups excluding carboxylic acids is 1. The molecule has 0 bridgehead atoms. The van der Waals surface area contributed by atoms with E-state index in [-0.39, 0.29) is 29.9 Å². The van der Waals surface area contributed by atoms with E-state index in [4.69, 9.17) is 4.74 Å². The molecule has 1 aliphatic heterocycles. The molecule has 1 unspecified atom stereocenters. The van der Waals surface area contributed by atoms with Gasteiger partial charge in [-0.1, -0.05) is 12.1 Å². The molecule has 0 radical (unpaired) electrons. The molecule has 160 valence electrons. The number of morpholine rings is 1. The zero-order chi connectivity index (χ0) is 21.7. The second kappa shape index (κ2) is 9.64. The van der Waals surface area contributed by atoms with E-state index in [1.54, 1.807) is 6.07 Å². The average molecular weight is 416 g/mol. The minimum atomic E-state index is -0.479. The van der Waals surface area contributed by atoms with Crippen LogP contribution in [0, 0.1) is 5.82 Å². The van der Waals surface area contributed by atoms with Crippen molar-refractivity contribution in [2.75, 3.05) is 32.8 Å². The van der Waals surface area contributed by atoms with Crippen LogP contribution >= 0.6 is 0 Å². The van der Waals surface area contributed by atoms with Gasteiger partial charge < -0.3 is 14.6 Å². The monoisotopic (exact) mass is 416 g/mol. The third kappa shape index (κ3) is 5.11. The highest BCUT2D eigenvalue weighted by molar-refractivity contribution is 5.91. The molecule has 3 rings (SSSR count). The topological polar surface area (TPSA) is 85.6 Å². The largest absolute Gasteiger partial charge is 0.379 e. The number of carbonyl (C=O) groups is 1. The lowest BCUT2D eigenvalue weighted by molar-refractivity contribution is -0.116. The van der Waals surface area contributed by atoms with Gasteiger partial charge in [-0.15, -0.1) is 0 Å². The van der Waals surface area contributed by atoms with Gasteiger partial charge in [0.15, 0.2) is 0 Å². The summed E-state index contributed by atoms with van der Waals surface area (Å²) in [5, 5.41) is 2.82. The molecule has 1 atom stereocenters. The lowest BCUT2D eigenvalue weighted by atomic mass is 10.0. The number of aromatic nitrogens is 2. The van der Waals surface area contributed by atoms with Crippen molar-refractivity contribution in [3.8, 4) is 0 Å². The summed E-state index contributed by atoms with van der Waals surface area (Å²) in [7, 11) is 2.92. The van der Waals surface area contributed by atoms with Crippen molar-refractivity contribution in [1.82, 2.24) is 19.4 Å². The van der Waals surface area contributed by atoms with E-state index >= 15 is 0 Å². The van der Waals surface area contributed by atoms with E-state index in [0.717, 1.165) is 10.1 Å². The van der Waals surface area contributed by atoms with E-state index in [1.807, 2.05) is 6.07 Å². The maximum absolute atomic E-state index is 13.7. The first-order chi connectivity index (χ1) is 14.4. The van der Waals surface area contributed by atoms with Gasteiger partial charge in [-0.2, -0.15) is 0 Å². The lowest BCUT2D eigenvalue weighted by Gasteiger charge is -2.34. The molecular weight excluding hydrogens is 391 g/mol. The van der Waals surface area contributed by atoms with Gasteiger partial charge in [0.1, 0.15) is 5.82 Å². The number of ether oxygens (including phenoxy) is 1. The Balaban J connectivity index is 1.72. The molecule has 1 fully saturated rings. The van der Waals surface area contributed by atoms with Gasteiger partial charge in [-0.3, -0.25) is 19.1 Å². The molecule has 1 aliphatic rings. The summed E-state index contributed by atoms with van der Waals surface area (Å²) >= 11 is 0. The second-order valence-corrected chi connectivity index (χ2v) is 7.14. The number of benzene rings is 1. The molecule has 9 heteroatoms. The van der Waals surface area contributed by atoms with Crippen LogP contribution in [-0.4, -0.2) is 52.8 Å². The summed E-state index contributed by atoms with van der Waals surface area (Å²) in [5.74, 6) is -0.719. The number of nitrogens with one attached hydrogen (secondary N) is 1. The Hall–Kier alpha value is -3.04. The summed E-state index contributed by atoms with van der Waals surface area (Å²) in [5.41, 5.74) is 0.0795. The van der Waals surface area contributed by atoms with Crippen molar-refractivity contribution in [2.45, 2.75) is 6.04 Å². The highest BCUT2D eigenvalue weighted by atomic mass is 19.1. The summed E-state index contributed by atoms with van der Waals surface area (Å²) in [6, 6.07) is 6.13. The van der Waals surface area contributed by atoms with E-state index < -0.39 is 11.2 Å². The molecule has 1 aromatic carbocycles. The maximum atomic E-state index is 13.7. The van der Waals surface area contributed by atoms with Gasteiger partial charge in [0.25, 0.3) is 5.56 Å². The number of hydrogen-bond donors (Lipinski definition) is 1. The van der Waals surface area contributed by atoms with Crippen LogP contribution in [0.15, 0.2) is 46.1 Å². The first-order valence-electron chi connectivity index (χ1n) is 9.66. The van der Waals surface area contributed by atoms with Crippen molar-refractivity contribution in [3.63, 3.8) is 0 Å². The zero-order valence-corrected chi connectivity index (χ0v) is 17.0. The summed E-state index contributed by atoms with van der Waals surface area (Å²) < 4.78 is 21.4. The Morgan fingerprint density at radius 1 is 1.27 bits per heavy atom. The number of nitrogens with zero attached hydrogens (tertiary/aromatic N) is 3. The number of halogens is 1. The number of hydrogen-bond acceptors (Lipinski definition) is 5. The smallest absolute Gasteiger partial charge is 0.330 e. The zero-order valence-electron chi connectivity index (χ0n) is 17.0. The van der Waals surface area contributed by atoms with Gasteiger partial charge in [-0.05, 0) is 23.8 Å². The summed E-state index contributed by atoms with van der Waals surface area (Å²) in [6.07, 6.45) is 4.02. The van der Waals surface area contributed by atoms with Gasteiger partial charge in [0.05, 0.1) is 24.8 Å². The first-order valence-corrected chi connectivity index (χ1v) is 9.66. The molecule has 1 amide bonds. The fourth-order valence-electron chi connectivity index (χ4n) is 3.43. The van der Waals surface area contributed by atoms with Crippen LogP contribution in [-0.2, 0) is 23.6 Å². The summed E-state index contributed by atoms with van der Waals surface area (Å²) in [4.78, 5) is 38.4. The molecule has 0 spiro atoms. The minimum absolute atomic E-state index is 0.202. The van der Waals surface area contributed by atoms with Crippen LogP contribution in [0.1, 0.15) is 17.2 Å². The first kappa shape index (κ1) is 21.7. The van der Waals surface area contributed by atoms with Crippen LogP contribution in [0.4, 0.5) is 4.39 Å². The van der Waals surface area contributed by atoms with Crippen LogP contribution in [0.25, 0.3) is 6.08 Å². The quantitative estimate of drug-likeness (QED) is 0.691. The molecule has 2 aromatic rings. The van der Waals surface area contributed by atoms with Gasteiger partial charge in [0.2, 0.25) is 5.91 Å². The van der Waals surface area contributed by atoms with Crippen molar-refractivity contribution >= 4 is 12.0 Å². The fraction of sp³-hybridized carbons (Fsp3) is 0.381. The Morgan fingerprint density at radius 2 is 2.00 bits per heavy atom. The average Bonchev–Trinajstić information content (AvgIpc) is 2.75. The van der Waals surface area contributed by atoms with Gasteiger partial charge in [0, 0.05) is 46.0 Å². The number of aryl methyl sites for hydroxylation is 1. The standard InChI is InChI=1S/C21H25FN4O4/c1-24-14-16(20(28)25(2)21(24)29)6-7-19(27)23-13-18(26-8-10-30-11-9-26)15-4-3-5-17(22)12-15/h3-7,12,14,18H,8-11,13H2,1-2H3,(H,23,27)/b7-6+. The van der Waals surface area contributed by atoms with Gasteiger partial charge in [-0.25, -0.2) is 9.18 Å². The Morgan fingerprint density at radius 3 is 2.70 bits per heavy atom. The van der Waals surface area contributed by atoms with E-state index in [9.17, 15) is 18.8 Å². The molecule has 8 nitrogen and oxygen atoms in total. The third-order valence-electron chi connectivity index (χ3n) is 5.08. The molecular formula is C21H25FN4O4. The Bertz CT molecular complexity index is 1050. The molecule has 30 heavy (non-hydrogen) atoms. The normalized spacial score (nSPS) is 16.0. The highest BCUT2D eigenvalue weighted by Gasteiger charge is 2.23. The van der Waals surface area contributed by atoms with Crippen LogP contribution in [0.5, 0.6) is 0 Å². The third-order valence-corrected chi connectivity index (χ3v) is 5.08. The number of amides is 1. The highest BCUT2D eigenvalue weighted by Crippen LogP contribution is 2.22. The maximum Gasteiger partial charge on any atom is 0.330 e. The Labute approximate surface area is 173 Å². The van der Waals surface area contributed by atoms with Crippen LogP contribution in [0.3, 0.4) is 0 Å². The summed E-state index contributed by atoms with van der Waals surface area (Å²) in [6.45, 7) is 2.80. The van der Waals surface area contributed by atoms with E-state index in [1.165, 1.54) is 49.1 Å². The van der Waals surface area contributed by atoms with Crippen molar-refractivity contribution in [2.24, 2.45) is 14.1 Å². The van der Waals surface area contributed by atoms with Crippen molar-refractivity contribution in [1.29, 1.82) is 0 Å². The SMILES string of the molecule is Cn1cc(/C=C/C(=O)NCC(c2cccc(F)c2)N2CCOCC2)c(=O)n(C)c1=O. The minimum Gasteiger partial charge on any atom is -0.379 e. The molecule has 1 saturated heterocycles. The van der Waals surface area contributed by atoms with Crippen molar-refractivity contribution in [3.05, 3.63) is 74.3 Å². The van der Waals surface area contributed by atoms with Crippen LogP contribution < -0.4 is 16.6 Å². The second-order valence-electron chi connectivity index (χ2n) is 7.14. The molecule has 0 aliphatic carbocycles. The molecule has 0 saturated carbocycles. The fourth-order valence-corrected chi connectivity index (χ4v) is 3.43. The molecule has 1 N–H and O–H groups in total.